The minimum atomic E-state index is -0.854. The Hall–Kier alpha value is -1.35. The van der Waals surface area contributed by atoms with Crippen LogP contribution in [0.25, 0.3) is 0 Å². The summed E-state index contributed by atoms with van der Waals surface area (Å²) < 4.78 is 0. The van der Waals surface area contributed by atoms with Crippen molar-refractivity contribution in [3.8, 4) is 0 Å². The number of hydrogen-bond acceptors (Lipinski definition) is 2. The largest absolute Gasteiger partial charge is 0.480 e. The number of nitrogens with zero attached hydrogens (tertiary/aromatic N) is 1. The Balaban J connectivity index is 2.41. The molecule has 0 spiro atoms. The van der Waals surface area contributed by atoms with E-state index in [-0.39, 0.29) is 0 Å². The third-order valence-corrected chi connectivity index (χ3v) is 4.60. The van der Waals surface area contributed by atoms with Crippen molar-refractivity contribution >= 4 is 5.97 Å². The number of piperidine rings is 1. The third kappa shape index (κ3) is 2.59. The SMILES string of the molecule is CCc1ccc(C(CC)(C(=O)O)N2CCCCC2)cc1. The van der Waals surface area contributed by atoms with E-state index in [1.54, 1.807) is 0 Å². The Morgan fingerprint density at radius 2 is 1.75 bits per heavy atom. The van der Waals surface area contributed by atoms with Crippen LogP contribution >= 0.6 is 0 Å². The molecule has 2 rings (SSSR count). The van der Waals surface area contributed by atoms with Gasteiger partial charge < -0.3 is 5.11 Å². The Bertz CT molecular complexity index is 449. The molecule has 1 aromatic rings. The number of carboxylic acids is 1. The smallest absolute Gasteiger partial charge is 0.328 e. The molecule has 1 aliphatic rings. The van der Waals surface area contributed by atoms with Crippen LogP contribution < -0.4 is 0 Å². The molecule has 0 saturated carbocycles. The van der Waals surface area contributed by atoms with E-state index in [4.69, 9.17) is 0 Å². The molecule has 0 aromatic heterocycles. The molecule has 1 aliphatic heterocycles. The fraction of sp³-hybridized carbons (Fsp3) is 0.588. The molecule has 1 heterocycles. The van der Waals surface area contributed by atoms with Gasteiger partial charge in [0, 0.05) is 0 Å². The summed E-state index contributed by atoms with van der Waals surface area (Å²) in [6.07, 6.45) is 5.00. The molecule has 3 nitrogen and oxygen atoms in total. The maximum absolute atomic E-state index is 12.1. The fourth-order valence-electron chi connectivity index (χ4n) is 3.31. The van der Waals surface area contributed by atoms with Gasteiger partial charge in [0.2, 0.25) is 0 Å². The summed E-state index contributed by atoms with van der Waals surface area (Å²) in [5.41, 5.74) is 1.32. The highest BCUT2D eigenvalue weighted by atomic mass is 16.4. The second-order valence-electron chi connectivity index (χ2n) is 5.62. The van der Waals surface area contributed by atoms with Crippen LogP contribution in [0, 0.1) is 0 Å². The highest BCUT2D eigenvalue weighted by molar-refractivity contribution is 5.80. The van der Waals surface area contributed by atoms with Gasteiger partial charge in [-0.05, 0) is 49.9 Å². The molecule has 1 fully saturated rings. The number of likely N-dealkylation sites (tertiary alicyclic amines) is 1. The highest BCUT2D eigenvalue weighted by Crippen LogP contribution is 2.35. The van der Waals surface area contributed by atoms with Crippen LogP contribution in [-0.2, 0) is 16.8 Å². The van der Waals surface area contributed by atoms with Gasteiger partial charge in [-0.2, -0.15) is 0 Å². The van der Waals surface area contributed by atoms with Gasteiger partial charge in [-0.1, -0.05) is 44.5 Å². The van der Waals surface area contributed by atoms with Crippen LogP contribution in [0.2, 0.25) is 0 Å². The maximum atomic E-state index is 12.1. The lowest BCUT2D eigenvalue weighted by Gasteiger charge is -2.42. The molecule has 1 saturated heterocycles. The van der Waals surface area contributed by atoms with E-state index in [0.717, 1.165) is 37.9 Å². The normalized spacial score (nSPS) is 19.5. The van der Waals surface area contributed by atoms with E-state index < -0.39 is 11.5 Å². The average Bonchev–Trinajstić information content (AvgIpc) is 2.50. The highest BCUT2D eigenvalue weighted by Gasteiger charge is 2.44. The van der Waals surface area contributed by atoms with E-state index in [0.29, 0.717) is 6.42 Å². The van der Waals surface area contributed by atoms with E-state index in [2.05, 4.69) is 24.0 Å². The van der Waals surface area contributed by atoms with Gasteiger partial charge in [0.15, 0.2) is 0 Å². The molecule has 0 radical (unpaired) electrons. The van der Waals surface area contributed by atoms with E-state index in [1.165, 1.54) is 12.0 Å². The summed E-state index contributed by atoms with van der Waals surface area (Å²) in [5.74, 6) is -0.717. The molecule has 20 heavy (non-hydrogen) atoms. The van der Waals surface area contributed by atoms with Crippen LogP contribution in [0.15, 0.2) is 24.3 Å². The molecule has 110 valence electrons. The van der Waals surface area contributed by atoms with Gasteiger partial charge in [-0.3, -0.25) is 4.90 Å². The molecule has 1 unspecified atom stereocenters. The van der Waals surface area contributed by atoms with Crippen LogP contribution in [0.3, 0.4) is 0 Å². The topological polar surface area (TPSA) is 40.5 Å². The zero-order valence-corrected chi connectivity index (χ0v) is 12.6. The summed E-state index contributed by atoms with van der Waals surface area (Å²) in [4.78, 5) is 14.2. The molecule has 0 aliphatic carbocycles. The number of rotatable bonds is 5. The number of carbonyl (C=O) groups is 1. The molecule has 0 amide bonds. The average molecular weight is 275 g/mol. The van der Waals surface area contributed by atoms with Crippen LogP contribution in [0.4, 0.5) is 0 Å². The van der Waals surface area contributed by atoms with E-state index in [9.17, 15) is 9.90 Å². The maximum Gasteiger partial charge on any atom is 0.328 e. The first-order valence-corrected chi connectivity index (χ1v) is 7.73. The number of aliphatic carboxylic acids is 1. The summed E-state index contributed by atoms with van der Waals surface area (Å²) in [7, 11) is 0. The number of hydrogen-bond donors (Lipinski definition) is 1. The van der Waals surface area contributed by atoms with Gasteiger partial charge in [-0.15, -0.1) is 0 Å². The lowest BCUT2D eigenvalue weighted by Crippen LogP contribution is -2.53. The summed E-state index contributed by atoms with van der Waals surface area (Å²) in [5, 5.41) is 9.91. The second kappa shape index (κ2) is 6.40. The minimum Gasteiger partial charge on any atom is -0.480 e. The molecular formula is C17H25NO2. The van der Waals surface area contributed by atoms with Crippen molar-refractivity contribution in [3.63, 3.8) is 0 Å². The molecule has 1 N–H and O–H groups in total. The molecule has 1 atom stereocenters. The molecular weight excluding hydrogens is 250 g/mol. The minimum absolute atomic E-state index is 0.605. The molecule has 3 heteroatoms. The van der Waals surface area contributed by atoms with Crippen LogP contribution in [0.1, 0.15) is 50.7 Å². The first kappa shape index (κ1) is 15.0. The predicted octanol–water partition coefficient (Wildman–Crippen LogP) is 3.42. The summed E-state index contributed by atoms with van der Waals surface area (Å²) in [6, 6.07) is 8.13. The Morgan fingerprint density at radius 3 is 2.20 bits per heavy atom. The Morgan fingerprint density at radius 1 is 1.15 bits per heavy atom. The fourth-order valence-corrected chi connectivity index (χ4v) is 3.31. The lowest BCUT2D eigenvalue weighted by atomic mass is 9.83. The first-order valence-electron chi connectivity index (χ1n) is 7.73. The predicted molar refractivity (Wildman–Crippen MR) is 80.8 cm³/mol. The van der Waals surface area contributed by atoms with Crippen molar-refractivity contribution in [2.75, 3.05) is 13.1 Å². The van der Waals surface area contributed by atoms with Crippen molar-refractivity contribution in [2.24, 2.45) is 0 Å². The van der Waals surface area contributed by atoms with Gasteiger partial charge in [0.25, 0.3) is 0 Å². The van der Waals surface area contributed by atoms with Crippen molar-refractivity contribution in [1.82, 2.24) is 4.90 Å². The Kier molecular flexibility index (Phi) is 4.81. The lowest BCUT2D eigenvalue weighted by molar-refractivity contribution is -0.154. The van der Waals surface area contributed by atoms with Crippen LogP contribution in [0.5, 0.6) is 0 Å². The number of aryl methyl sites for hydroxylation is 1. The Labute approximate surface area is 121 Å². The van der Waals surface area contributed by atoms with Crippen molar-refractivity contribution in [2.45, 2.75) is 51.5 Å². The quantitative estimate of drug-likeness (QED) is 0.895. The van der Waals surface area contributed by atoms with Crippen molar-refractivity contribution in [3.05, 3.63) is 35.4 Å². The number of carboxylic acid groups (broad SMARTS) is 1. The van der Waals surface area contributed by atoms with Gasteiger partial charge in [-0.25, -0.2) is 4.79 Å². The van der Waals surface area contributed by atoms with Gasteiger partial charge in [0.1, 0.15) is 5.54 Å². The first-order chi connectivity index (χ1) is 9.65. The van der Waals surface area contributed by atoms with Crippen molar-refractivity contribution in [1.29, 1.82) is 0 Å². The number of benzene rings is 1. The summed E-state index contributed by atoms with van der Waals surface area (Å²) in [6.45, 7) is 5.87. The van der Waals surface area contributed by atoms with Gasteiger partial charge >= 0.3 is 5.97 Å². The molecule has 1 aromatic carbocycles. The van der Waals surface area contributed by atoms with E-state index in [1.807, 2.05) is 19.1 Å². The third-order valence-electron chi connectivity index (χ3n) is 4.60. The van der Waals surface area contributed by atoms with Gasteiger partial charge in [0.05, 0.1) is 0 Å². The zero-order valence-electron chi connectivity index (χ0n) is 12.6. The van der Waals surface area contributed by atoms with Crippen LogP contribution in [-0.4, -0.2) is 29.1 Å². The van der Waals surface area contributed by atoms with Crippen molar-refractivity contribution < 1.29 is 9.90 Å². The zero-order chi connectivity index (χ0) is 14.6. The standard InChI is InChI=1S/C17H25NO2/c1-3-14-8-10-15(11-9-14)17(4-2,16(19)20)18-12-6-5-7-13-18/h8-11H,3-7,12-13H2,1-2H3,(H,19,20). The summed E-state index contributed by atoms with van der Waals surface area (Å²) >= 11 is 0. The van der Waals surface area contributed by atoms with E-state index >= 15 is 0 Å². The second-order valence-corrected chi connectivity index (χ2v) is 5.62. The monoisotopic (exact) mass is 275 g/mol. The molecule has 0 bridgehead atoms.